The molecule has 0 saturated heterocycles. The van der Waals surface area contributed by atoms with Crippen molar-refractivity contribution in [1.82, 2.24) is 14.7 Å². The van der Waals surface area contributed by atoms with E-state index in [2.05, 4.69) is 5.10 Å². The summed E-state index contributed by atoms with van der Waals surface area (Å²) in [6, 6.07) is 5.65. The van der Waals surface area contributed by atoms with E-state index in [0.29, 0.717) is 62.3 Å². The second-order valence-electron chi connectivity index (χ2n) is 6.55. The van der Waals surface area contributed by atoms with Crippen LogP contribution < -0.4 is 9.47 Å². The molecule has 0 bridgehead atoms. The highest BCUT2D eigenvalue weighted by Gasteiger charge is 2.23. The molecular weight excluding hydrogens is 362 g/mol. The molecule has 0 spiro atoms. The molecule has 1 aromatic carbocycles. The van der Waals surface area contributed by atoms with Crippen molar-refractivity contribution in [3.8, 4) is 22.8 Å². The Hall–Kier alpha value is -2.58. The van der Waals surface area contributed by atoms with Crippen LogP contribution >= 0.6 is 0 Å². The Kier molecular flexibility index (Phi) is 6.89. The third-order valence-corrected chi connectivity index (χ3v) is 4.50. The SMILES string of the molecule is COCCN(CCOC)C(=O)c1cn(C)nc1-c1ccc2c(c1)OCCCO2. The van der Waals surface area contributed by atoms with Gasteiger partial charge in [-0.15, -0.1) is 0 Å². The molecule has 3 rings (SSSR count). The molecule has 0 radical (unpaired) electrons. The first-order chi connectivity index (χ1) is 13.6. The van der Waals surface area contributed by atoms with Gasteiger partial charge >= 0.3 is 0 Å². The van der Waals surface area contributed by atoms with Crippen LogP contribution in [0.2, 0.25) is 0 Å². The number of nitrogens with zero attached hydrogens (tertiary/aromatic N) is 3. The number of benzene rings is 1. The molecule has 0 saturated carbocycles. The Bertz CT molecular complexity index is 797. The van der Waals surface area contributed by atoms with Crippen molar-refractivity contribution in [3.05, 3.63) is 30.0 Å². The zero-order chi connectivity index (χ0) is 19.9. The number of hydrogen-bond donors (Lipinski definition) is 0. The maximum atomic E-state index is 13.2. The fraction of sp³-hybridized carbons (Fsp3) is 0.500. The van der Waals surface area contributed by atoms with Gasteiger partial charge in [-0.25, -0.2) is 0 Å². The van der Waals surface area contributed by atoms with Gasteiger partial charge in [-0.3, -0.25) is 9.48 Å². The third-order valence-electron chi connectivity index (χ3n) is 4.50. The first kappa shape index (κ1) is 20.2. The van der Waals surface area contributed by atoms with E-state index in [-0.39, 0.29) is 5.91 Å². The van der Waals surface area contributed by atoms with E-state index in [4.69, 9.17) is 18.9 Å². The minimum atomic E-state index is -0.107. The molecule has 152 valence electrons. The molecule has 0 unspecified atom stereocenters. The van der Waals surface area contributed by atoms with E-state index in [1.54, 1.807) is 37.0 Å². The zero-order valence-electron chi connectivity index (χ0n) is 16.6. The van der Waals surface area contributed by atoms with Crippen LogP contribution in [-0.4, -0.2) is 74.3 Å². The molecule has 8 heteroatoms. The van der Waals surface area contributed by atoms with Crippen LogP contribution in [0.3, 0.4) is 0 Å². The van der Waals surface area contributed by atoms with Crippen molar-refractivity contribution in [2.75, 3.05) is 53.7 Å². The lowest BCUT2D eigenvalue weighted by molar-refractivity contribution is 0.0628. The largest absolute Gasteiger partial charge is 0.490 e. The summed E-state index contributed by atoms with van der Waals surface area (Å²) in [5.74, 6) is 1.28. The molecular formula is C20H27N3O5. The maximum Gasteiger partial charge on any atom is 0.257 e. The summed E-state index contributed by atoms with van der Waals surface area (Å²) in [7, 11) is 5.04. The van der Waals surface area contributed by atoms with Gasteiger partial charge in [0.2, 0.25) is 0 Å². The summed E-state index contributed by atoms with van der Waals surface area (Å²) in [5, 5.41) is 4.53. The van der Waals surface area contributed by atoms with Crippen LogP contribution in [0, 0.1) is 0 Å². The van der Waals surface area contributed by atoms with Gasteiger partial charge in [-0.05, 0) is 18.2 Å². The lowest BCUT2D eigenvalue weighted by Gasteiger charge is -2.22. The highest BCUT2D eigenvalue weighted by Crippen LogP contribution is 2.35. The molecule has 1 aliphatic rings. The Morgan fingerprint density at radius 3 is 2.50 bits per heavy atom. The number of fused-ring (bicyclic) bond motifs is 1. The van der Waals surface area contributed by atoms with Crippen LogP contribution in [0.25, 0.3) is 11.3 Å². The number of ether oxygens (including phenoxy) is 4. The van der Waals surface area contributed by atoms with Gasteiger partial charge in [0.25, 0.3) is 5.91 Å². The van der Waals surface area contributed by atoms with Crippen molar-refractivity contribution < 1.29 is 23.7 Å². The number of aromatic nitrogens is 2. The standard InChI is InChI=1S/C20H27N3O5/c1-22-14-16(20(24)23(7-11-25-2)8-12-26-3)19(21-22)15-5-6-17-18(13-15)28-10-4-9-27-17/h5-6,13-14H,4,7-12H2,1-3H3. The number of hydrogen-bond acceptors (Lipinski definition) is 6. The molecule has 1 amide bonds. The van der Waals surface area contributed by atoms with E-state index in [0.717, 1.165) is 12.0 Å². The number of aryl methyl sites for hydroxylation is 1. The van der Waals surface area contributed by atoms with Crippen LogP contribution in [0.5, 0.6) is 11.5 Å². The van der Waals surface area contributed by atoms with E-state index in [1.807, 2.05) is 18.2 Å². The number of methoxy groups -OCH3 is 2. The molecule has 0 aliphatic carbocycles. The molecule has 28 heavy (non-hydrogen) atoms. The van der Waals surface area contributed by atoms with Gasteiger partial charge < -0.3 is 23.8 Å². The van der Waals surface area contributed by atoms with Crippen LogP contribution in [0.4, 0.5) is 0 Å². The fourth-order valence-corrected chi connectivity index (χ4v) is 3.06. The molecule has 2 heterocycles. The Morgan fingerprint density at radius 2 is 1.82 bits per heavy atom. The molecule has 2 aromatic rings. The zero-order valence-corrected chi connectivity index (χ0v) is 16.6. The van der Waals surface area contributed by atoms with E-state index >= 15 is 0 Å². The highest BCUT2D eigenvalue weighted by atomic mass is 16.5. The van der Waals surface area contributed by atoms with Gasteiger partial charge in [0.05, 0.1) is 32.0 Å². The first-order valence-corrected chi connectivity index (χ1v) is 9.35. The second kappa shape index (κ2) is 9.57. The average molecular weight is 389 g/mol. The quantitative estimate of drug-likeness (QED) is 0.687. The second-order valence-corrected chi connectivity index (χ2v) is 6.55. The van der Waals surface area contributed by atoms with Gasteiger partial charge in [-0.1, -0.05) is 0 Å². The number of carbonyl (C=O) groups is 1. The molecule has 0 atom stereocenters. The Labute approximate surface area is 164 Å². The van der Waals surface area contributed by atoms with Gasteiger partial charge in [0.1, 0.15) is 5.69 Å². The molecule has 1 aromatic heterocycles. The molecule has 0 fully saturated rings. The molecule has 8 nitrogen and oxygen atoms in total. The van der Waals surface area contributed by atoms with Gasteiger partial charge in [-0.2, -0.15) is 5.10 Å². The monoisotopic (exact) mass is 389 g/mol. The third kappa shape index (κ3) is 4.63. The Balaban J connectivity index is 1.91. The van der Waals surface area contributed by atoms with Crippen LogP contribution in [0.1, 0.15) is 16.8 Å². The lowest BCUT2D eigenvalue weighted by Crippen LogP contribution is -2.36. The minimum Gasteiger partial charge on any atom is -0.490 e. The first-order valence-electron chi connectivity index (χ1n) is 9.35. The predicted molar refractivity (Wildman–Crippen MR) is 104 cm³/mol. The smallest absolute Gasteiger partial charge is 0.257 e. The van der Waals surface area contributed by atoms with Crippen molar-refractivity contribution in [2.24, 2.45) is 7.05 Å². The number of carbonyl (C=O) groups excluding carboxylic acids is 1. The summed E-state index contributed by atoms with van der Waals surface area (Å²) in [6.07, 6.45) is 2.58. The summed E-state index contributed by atoms with van der Waals surface area (Å²) in [4.78, 5) is 14.9. The lowest BCUT2D eigenvalue weighted by atomic mass is 10.1. The molecule has 1 aliphatic heterocycles. The predicted octanol–water partition coefficient (Wildman–Crippen LogP) is 1.98. The normalized spacial score (nSPS) is 13.2. The molecule has 0 N–H and O–H groups in total. The van der Waals surface area contributed by atoms with Crippen molar-refractivity contribution >= 4 is 5.91 Å². The van der Waals surface area contributed by atoms with Crippen molar-refractivity contribution in [1.29, 1.82) is 0 Å². The van der Waals surface area contributed by atoms with Crippen molar-refractivity contribution in [2.45, 2.75) is 6.42 Å². The minimum absolute atomic E-state index is 0.107. The summed E-state index contributed by atoms with van der Waals surface area (Å²) >= 11 is 0. The van der Waals surface area contributed by atoms with Crippen LogP contribution in [0.15, 0.2) is 24.4 Å². The van der Waals surface area contributed by atoms with Gasteiger partial charge in [0, 0.05) is 52.5 Å². The van der Waals surface area contributed by atoms with E-state index in [9.17, 15) is 4.79 Å². The van der Waals surface area contributed by atoms with Crippen LogP contribution in [-0.2, 0) is 16.5 Å². The number of amides is 1. The van der Waals surface area contributed by atoms with E-state index in [1.165, 1.54) is 0 Å². The average Bonchev–Trinajstić information content (AvgIpc) is 2.94. The summed E-state index contributed by atoms with van der Waals surface area (Å²) < 4.78 is 23.4. The number of rotatable bonds is 8. The Morgan fingerprint density at radius 1 is 1.14 bits per heavy atom. The fourth-order valence-electron chi connectivity index (χ4n) is 3.06. The summed E-state index contributed by atoms with van der Waals surface area (Å²) in [6.45, 7) is 3.10. The van der Waals surface area contributed by atoms with Crippen molar-refractivity contribution in [3.63, 3.8) is 0 Å². The topological polar surface area (TPSA) is 75.1 Å². The van der Waals surface area contributed by atoms with E-state index < -0.39 is 0 Å². The maximum absolute atomic E-state index is 13.2. The summed E-state index contributed by atoms with van der Waals surface area (Å²) in [5.41, 5.74) is 1.96. The highest BCUT2D eigenvalue weighted by molar-refractivity contribution is 6.00. The van der Waals surface area contributed by atoms with Gasteiger partial charge in [0.15, 0.2) is 11.5 Å².